The molecule has 106 valence electrons. The third-order valence-corrected chi connectivity index (χ3v) is 3.98. The zero-order valence-corrected chi connectivity index (χ0v) is 11.8. The summed E-state index contributed by atoms with van der Waals surface area (Å²) in [4.78, 5) is 11.7. The minimum Gasteiger partial charge on any atom is -0.356 e. The van der Waals surface area contributed by atoms with Crippen LogP contribution in [0.3, 0.4) is 0 Å². The van der Waals surface area contributed by atoms with Crippen LogP contribution in [0, 0.1) is 11.8 Å². The minimum absolute atomic E-state index is 0.0785. The van der Waals surface area contributed by atoms with Crippen LogP contribution in [0.2, 0.25) is 0 Å². The summed E-state index contributed by atoms with van der Waals surface area (Å²) in [7, 11) is 0. The number of carbonyl (C=O) groups excluding carboxylic acids is 1. The van der Waals surface area contributed by atoms with Crippen molar-refractivity contribution in [2.45, 2.75) is 44.7 Å². The summed E-state index contributed by atoms with van der Waals surface area (Å²) in [6.45, 7) is 0.615. The maximum Gasteiger partial charge on any atom is 0.391 e. The van der Waals surface area contributed by atoms with E-state index in [1.807, 2.05) is 0 Å². The molecule has 0 aromatic heterocycles. The van der Waals surface area contributed by atoms with Gasteiger partial charge >= 0.3 is 6.18 Å². The zero-order chi connectivity index (χ0) is 13.6. The van der Waals surface area contributed by atoms with E-state index in [9.17, 15) is 18.0 Å². The molecule has 0 aromatic rings. The SMILES string of the molecule is O=C(NCCCCBr)C1CCC(C(F)(F)F)CC1. The van der Waals surface area contributed by atoms with E-state index in [4.69, 9.17) is 0 Å². The van der Waals surface area contributed by atoms with Gasteiger partial charge in [-0.1, -0.05) is 15.9 Å². The number of nitrogens with one attached hydrogen (secondary N) is 1. The van der Waals surface area contributed by atoms with Crippen molar-refractivity contribution in [2.75, 3.05) is 11.9 Å². The molecular weight excluding hydrogens is 311 g/mol. The van der Waals surface area contributed by atoms with Crippen LogP contribution in [0.15, 0.2) is 0 Å². The Balaban J connectivity index is 2.23. The summed E-state index contributed by atoms with van der Waals surface area (Å²) in [5.74, 6) is -1.52. The van der Waals surface area contributed by atoms with Gasteiger partial charge in [-0.15, -0.1) is 0 Å². The van der Waals surface area contributed by atoms with Crippen LogP contribution in [-0.2, 0) is 4.79 Å². The predicted molar refractivity (Wildman–Crippen MR) is 67.5 cm³/mol. The molecule has 0 heterocycles. The largest absolute Gasteiger partial charge is 0.391 e. The van der Waals surface area contributed by atoms with Crippen molar-refractivity contribution in [2.24, 2.45) is 11.8 Å². The van der Waals surface area contributed by atoms with Crippen LogP contribution in [0.1, 0.15) is 38.5 Å². The van der Waals surface area contributed by atoms with Gasteiger partial charge in [-0.05, 0) is 38.5 Å². The van der Waals surface area contributed by atoms with E-state index >= 15 is 0 Å². The molecule has 18 heavy (non-hydrogen) atoms. The first-order chi connectivity index (χ1) is 8.45. The molecule has 0 atom stereocenters. The average Bonchev–Trinajstić information content (AvgIpc) is 2.33. The second-order valence-corrected chi connectivity index (χ2v) is 5.57. The first-order valence-corrected chi connectivity index (χ1v) is 7.47. The molecule has 1 aliphatic rings. The Bertz CT molecular complexity index is 263. The molecule has 0 spiro atoms. The van der Waals surface area contributed by atoms with Gasteiger partial charge in [0, 0.05) is 17.8 Å². The van der Waals surface area contributed by atoms with E-state index < -0.39 is 12.1 Å². The summed E-state index contributed by atoms with van der Waals surface area (Å²) in [5, 5.41) is 3.70. The molecule has 0 unspecified atom stereocenters. The highest BCUT2D eigenvalue weighted by molar-refractivity contribution is 9.09. The van der Waals surface area contributed by atoms with Crippen molar-refractivity contribution < 1.29 is 18.0 Å². The lowest BCUT2D eigenvalue weighted by molar-refractivity contribution is -0.184. The quantitative estimate of drug-likeness (QED) is 0.605. The fourth-order valence-corrected chi connectivity index (χ4v) is 2.65. The maximum absolute atomic E-state index is 12.5. The lowest BCUT2D eigenvalue weighted by Crippen LogP contribution is -2.36. The number of hydrogen-bond donors (Lipinski definition) is 1. The van der Waals surface area contributed by atoms with E-state index in [2.05, 4.69) is 21.2 Å². The number of alkyl halides is 4. The summed E-state index contributed by atoms with van der Waals surface area (Å²) >= 11 is 3.30. The Morgan fingerprint density at radius 2 is 1.78 bits per heavy atom. The van der Waals surface area contributed by atoms with Gasteiger partial charge in [0.1, 0.15) is 0 Å². The van der Waals surface area contributed by atoms with Crippen molar-refractivity contribution in [3.63, 3.8) is 0 Å². The lowest BCUT2D eigenvalue weighted by atomic mass is 9.81. The fourth-order valence-electron chi connectivity index (χ4n) is 2.26. The van der Waals surface area contributed by atoms with E-state index in [1.165, 1.54) is 0 Å². The Hall–Kier alpha value is -0.260. The van der Waals surface area contributed by atoms with Gasteiger partial charge in [0.15, 0.2) is 0 Å². The van der Waals surface area contributed by atoms with Crippen molar-refractivity contribution in [1.29, 1.82) is 0 Å². The highest BCUT2D eigenvalue weighted by atomic mass is 79.9. The molecule has 0 aliphatic heterocycles. The number of carbonyl (C=O) groups is 1. The molecule has 0 bridgehead atoms. The van der Waals surface area contributed by atoms with Gasteiger partial charge in [-0.3, -0.25) is 4.79 Å². The predicted octanol–water partition coefficient (Wildman–Crippen LogP) is 3.65. The Kier molecular flexibility index (Phi) is 6.46. The van der Waals surface area contributed by atoms with Crippen LogP contribution >= 0.6 is 15.9 Å². The van der Waals surface area contributed by atoms with E-state index in [-0.39, 0.29) is 24.7 Å². The molecule has 1 amide bonds. The number of halogens is 4. The topological polar surface area (TPSA) is 29.1 Å². The summed E-state index contributed by atoms with van der Waals surface area (Å²) < 4.78 is 37.4. The van der Waals surface area contributed by atoms with Crippen LogP contribution in [0.25, 0.3) is 0 Å². The van der Waals surface area contributed by atoms with E-state index in [1.54, 1.807) is 0 Å². The first kappa shape index (κ1) is 15.8. The molecule has 1 rings (SSSR count). The number of hydrogen-bond acceptors (Lipinski definition) is 1. The first-order valence-electron chi connectivity index (χ1n) is 6.35. The van der Waals surface area contributed by atoms with Crippen molar-refractivity contribution in [3.8, 4) is 0 Å². The van der Waals surface area contributed by atoms with Gasteiger partial charge in [-0.2, -0.15) is 13.2 Å². The van der Waals surface area contributed by atoms with E-state index in [0.717, 1.165) is 18.2 Å². The minimum atomic E-state index is -4.10. The lowest BCUT2D eigenvalue weighted by Gasteiger charge is -2.29. The third kappa shape index (κ3) is 5.16. The van der Waals surface area contributed by atoms with Gasteiger partial charge in [0.25, 0.3) is 0 Å². The molecule has 2 nitrogen and oxygen atoms in total. The molecule has 0 saturated heterocycles. The molecule has 0 radical (unpaired) electrons. The highest BCUT2D eigenvalue weighted by Crippen LogP contribution is 2.39. The average molecular weight is 330 g/mol. The maximum atomic E-state index is 12.5. The monoisotopic (exact) mass is 329 g/mol. The summed E-state index contributed by atoms with van der Waals surface area (Å²) in [6.07, 6.45) is -1.33. The van der Waals surface area contributed by atoms with Crippen LogP contribution in [0.5, 0.6) is 0 Å². The molecule has 1 saturated carbocycles. The Morgan fingerprint density at radius 1 is 1.17 bits per heavy atom. The standard InChI is InChI=1S/C12H19BrF3NO/c13-7-1-2-8-17-11(18)9-3-5-10(6-4-9)12(14,15)16/h9-10H,1-8H2,(H,17,18). The zero-order valence-electron chi connectivity index (χ0n) is 10.2. The molecule has 0 aromatic carbocycles. The second-order valence-electron chi connectivity index (χ2n) is 4.78. The number of rotatable bonds is 5. The summed E-state index contributed by atoms with van der Waals surface area (Å²) in [6, 6.07) is 0. The number of amides is 1. The fraction of sp³-hybridized carbons (Fsp3) is 0.917. The van der Waals surface area contributed by atoms with Crippen LogP contribution in [0.4, 0.5) is 13.2 Å². The Labute approximate surface area is 114 Å². The molecule has 1 N–H and O–H groups in total. The molecule has 6 heteroatoms. The van der Waals surface area contributed by atoms with Crippen molar-refractivity contribution >= 4 is 21.8 Å². The Morgan fingerprint density at radius 3 is 2.28 bits per heavy atom. The van der Waals surface area contributed by atoms with E-state index in [0.29, 0.717) is 19.4 Å². The normalized spacial score (nSPS) is 24.9. The van der Waals surface area contributed by atoms with Crippen LogP contribution in [-0.4, -0.2) is 24.0 Å². The van der Waals surface area contributed by atoms with Crippen molar-refractivity contribution in [1.82, 2.24) is 5.32 Å². The van der Waals surface area contributed by atoms with Gasteiger partial charge in [0.05, 0.1) is 5.92 Å². The number of unbranched alkanes of at least 4 members (excludes halogenated alkanes) is 1. The summed E-state index contributed by atoms with van der Waals surface area (Å²) in [5.41, 5.74) is 0. The third-order valence-electron chi connectivity index (χ3n) is 3.42. The van der Waals surface area contributed by atoms with Crippen molar-refractivity contribution in [3.05, 3.63) is 0 Å². The van der Waals surface area contributed by atoms with Gasteiger partial charge in [0.2, 0.25) is 5.91 Å². The molecule has 1 fully saturated rings. The molecule has 1 aliphatic carbocycles. The van der Waals surface area contributed by atoms with Gasteiger partial charge in [-0.25, -0.2) is 0 Å². The second kappa shape index (κ2) is 7.36. The van der Waals surface area contributed by atoms with Gasteiger partial charge < -0.3 is 5.32 Å². The molecular formula is C12H19BrF3NO. The smallest absolute Gasteiger partial charge is 0.356 e. The van der Waals surface area contributed by atoms with Crippen LogP contribution < -0.4 is 5.32 Å². The highest BCUT2D eigenvalue weighted by Gasteiger charge is 2.42.